The lowest BCUT2D eigenvalue weighted by Gasteiger charge is -2.33. The third-order valence-corrected chi connectivity index (χ3v) is 5.03. The van der Waals surface area contributed by atoms with Gasteiger partial charge in [-0.25, -0.2) is 8.42 Å². The molecule has 0 radical (unpaired) electrons. The molecule has 0 bridgehead atoms. The monoisotopic (exact) mass is 266 g/mol. The van der Waals surface area contributed by atoms with Crippen LogP contribution in [0.5, 0.6) is 0 Å². The van der Waals surface area contributed by atoms with Gasteiger partial charge in [0.05, 0.1) is 11.5 Å². The van der Waals surface area contributed by atoms with Gasteiger partial charge in [-0.3, -0.25) is 4.79 Å². The first kappa shape index (κ1) is 13.8. The molecule has 5 nitrogen and oxygen atoms in total. The summed E-state index contributed by atoms with van der Waals surface area (Å²) in [5.41, 5.74) is 0. The summed E-state index contributed by atoms with van der Waals surface area (Å²) in [5.74, 6) is 0.702. The number of piperazine rings is 1. The molecule has 0 aliphatic carbocycles. The van der Waals surface area contributed by atoms with Gasteiger partial charge in [-0.1, -0.05) is 0 Å². The Balaban J connectivity index is 2.49. The number of hydrogen-bond acceptors (Lipinski definition) is 4. The van der Waals surface area contributed by atoms with Crippen molar-refractivity contribution < 1.29 is 13.2 Å². The molecular formula is C9H18N2O3S2. The molecule has 0 aromatic carbocycles. The van der Waals surface area contributed by atoms with E-state index in [2.05, 4.69) is 0 Å². The van der Waals surface area contributed by atoms with Crippen molar-refractivity contribution in [3.63, 3.8) is 0 Å². The van der Waals surface area contributed by atoms with Crippen LogP contribution >= 0.6 is 11.8 Å². The predicted octanol–water partition coefficient (Wildman–Crippen LogP) is -0.157. The maximum absolute atomic E-state index is 11.6. The minimum Gasteiger partial charge on any atom is -0.339 e. The van der Waals surface area contributed by atoms with E-state index >= 15 is 0 Å². The highest BCUT2D eigenvalue weighted by Gasteiger charge is 2.27. The topological polar surface area (TPSA) is 57.7 Å². The van der Waals surface area contributed by atoms with Crippen molar-refractivity contribution in [1.82, 2.24) is 9.21 Å². The first-order chi connectivity index (χ1) is 7.51. The van der Waals surface area contributed by atoms with E-state index in [-0.39, 0.29) is 11.7 Å². The van der Waals surface area contributed by atoms with E-state index in [0.717, 1.165) is 0 Å². The first-order valence-corrected chi connectivity index (χ1v) is 8.26. The van der Waals surface area contributed by atoms with Gasteiger partial charge in [0.15, 0.2) is 0 Å². The third kappa shape index (κ3) is 3.36. The van der Waals surface area contributed by atoms with Gasteiger partial charge in [0.25, 0.3) is 0 Å². The number of carbonyl (C=O) groups excluding carboxylic acids is 1. The summed E-state index contributed by atoms with van der Waals surface area (Å²) in [7, 11) is -3.09. The van der Waals surface area contributed by atoms with Crippen LogP contribution in [0.25, 0.3) is 0 Å². The lowest BCUT2D eigenvalue weighted by molar-refractivity contribution is -0.129. The lowest BCUT2D eigenvalue weighted by Crippen LogP contribution is -2.51. The Labute approximate surface area is 101 Å². The molecule has 1 aliphatic rings. The van der Waals surface area contributed by atoms with Gasteiger partial charge in [0.1, 0.15) is 0 Å². The van der Waals surface area contributed by atoms with Crippen LogP contribution in [-0.4, -0.2) is 67.5 Å². The first-order valence-electron chi connectivity index (χ1n) is 5.25. The standard InChI is InChI=1S/C9H18N2O3S2/c1-3-16(13,14)11-6-4-10(5-7-11)9(12)8-15-2/h3-8H2,1-2H3. The highest BCUT2D eigenvalue weighted by molar-refractivity contribution is 7.99. The number of amides is 1. The fourth-order valence-electron chi connectivity index (χ4n) is 1.61. The van der Waals surface area contributed by atoms with Crippen LogP contribution in [0.3, 0.4) is 0 Å². The SMILES string of the molecule is CCS(=O)(=O)N1CCN(C(=O)CSC)CC1. The molecule has 7 heteroatoms. The zero-order valence-corrected chi connectivity index (χ0v) is 11.3. The Morgan fingerprint density at radius 1 is 1.25 bits per heavy atom. The maximum Gasteiger partial charge on any atom is 0.232 e. The number of rotatable bonds is 4. The number of hydrogen-bond donors (Lipinski definition) is 0. The molecule has 0 aromatic heterocycles. The van der Waals surface area contributed by atoms with Gasteiger partial charge in [0.2, 0.25) is 15.9 Å². The van der Waals surface area contributed by atoms with Crippen molar-refractivity contribution in [3.8, 4) is 0 Å². The number of carbonyl (C=O) groups is 1. The zero-order valence-electron chi connectivity index (χ0n) is 9.68. The molecule has 0 aromatic rings. The second kappa shape index (κ2) is 5.88. The largest absolute Gasteiger partial charge is 0.339 e. The minimum atomic E-state index is -3.09. The molecule has 0 N–H and O–H groups in total. The van der Waals surface area contributed by atoms with Crippen molar-refractivity contribution >= 4 is 27.7 Å². The fraction of sp³-hybridized carbons (Fsp3) is 0.889. The van der Waals surface area contributed by atoms with E-state index in [1.807, 2.05) is 6.26 Å². The van der Waals surface area contributed by atoms with E-state index < -0.39 is 10.0 Å². The molecule has 1 heterocycles. The number of sulfonamides is 1. The average Bonchev–Trinajstić information content (AvgIpc) is 2.29. The molecule has 94 valence electrons. The Bertz CT molecular complexity index is 335. The Kier molecular flexibility index (Phi) is 5.07. The third-order valence-electron chi connectivity index (χ3n) is 2.62. The molecule has 0 saturated carbocycles. The predicted molar refractivity (Wildman–Crippen MR) is 66.0 cm³/mol. The van der Waals surface area contributed by atoms with Crippen molar-refractivity contribution in [2.45, 2.75) is 6.92 Å². The van der Waals surface area contributed by atoms with Crippen LogP contribution in [-0.2, 0) is 14.8 Å². The normalized spacial score (nSPS) is 18.8. The molecule has 1 amide bonds. The summed E-state index contributed by atoms with van der Waals surface area (Å²) in [6.07, 6.45) is 1.88. The van der Waals surface area contributed by atoms with E-state index in [0.29, 0.717) is 31.9 Å². The van der Waals surface area contributed by atoms with Gasteiger partial charge in [-0.2, -0.15) is 16.1 Å². The van der Waals surface area contributed by atoms with Crippen molar-refractivity contribution in [1.29, 1.82) is 0 Å². The van der Waals surface area contributed by atoms with E-state index in [1.54, 1.807) is 11.8 Å². The second-order valence-electron chi connectivity index (χ2n) is 3.61. The molecular weight excluding hydrogens is 248 g/mol. The summed E-state index contributed by atoms with van der Waals surface area (Å²) >= 11 is 1.49. The lowest BCUT2D eigenvalue weighted by atomic mass is 10.3. The zero-order chi connectivity index (χ0) is 12.2. The van der Waals surface area contributed by atoms with Gasteiger partial charge >= 0.3 is 0 Å². The highest BCUT2D eigenvalue weighted by atomic mass is 32.2. The van der Waals surface area contributed by atoms with E-state index in [4.69, 9.17) is 0 Å². The maximum atomic E-state index is 11.6. The van der Waals surface area contributed by atoms with Crippen LogP contribution < -0.4 is 0 Å². The summed E-state index contributed by atoms with van der Waals surface area (Å²) in [5, 5.41) is 0. The van der Waals surface area contributed by atoms with Gasteiger partial charge in [-0.15, -0.1) is 0 Å². The highest BCUT2D eigenvalue weighted by Crippen LogP contribution is 2.09. The fourth-order valence-corrected chi connectivity index (χ4v) is 3.13. The summed E-state index contributed by atoms with van der Waals surface area (Å²) < 4.78 is 24.6. The van der Waals surface area contributed by atoms with Gasteiger partial charge < -0.3 is 4.90 Å². The van der Waals surface area contributed by atoms with Crippen LogP contribution in [0.4, 0.5) is 0 Å². The summed E-state index contributed by atoms with van der Waals surface area (Å²) in [6, 6.07) is 0. The molecule has 0 spiro atoms. The van der Waals surface area contributed by atoms with Crippen molar-refractivity contribution in [2.75, 3.05) is 43.9 Å². The Morgan fingerprint density at radius 2 is 1.81 bits per heavy atom. The van der Waals surface area contributed by atoms with Crippen molar-refractivity contribution in [2.24, 2.45) is 0 Å². The van der Waals surface area contributed by atoms with Crippen LogP contribution in [0.1, 0.15) is 6.92 Å². The van der Waals surface area contributed by atoms with E-state index in [1.165, 1.54) is 16.1 Å². The van der Waals surface area contributed by atoms with Crippen LogP contribution in [0.2, 0.25) is 0 Å². The van der Waals surface area contributed by atoms with Gasteiger partial charge in [0, 0.05) is 26.2 Å². The smallest absolute Gasteiger partial charge is 0.232 e. The van der Waals surface area contributed by atoms with Gasteiger partial charge in [-0.05, 0) is 13.2 Å². The second-order valence-corrected chi connectivity index (χ2v) is 6.74. The Morgan fingerprint density at radius 3 is 2.25 bits per heavy atom. The minimum absolute atomic E-state index is 0.0982. The quantitative estimate of drug-likeness (QED) is 0.710. The molecule has 16 heavy (non-hydrogen) atoms. The molecule has 1 saturated heterocycles. The van der Waals surface area contributed by atoms with Crippen LogP contribution in [0, 0.1) is 0 Å². The molecule has 1 rings (SSSR count). The van der Waals surface area contributed by atoms with Crippen molar-refractivity contribution in [3.05, 3.63) is 0 Å². The molecule has 0 atom stereocenters. The summed E-state index contributed by atoms with van der Waals surface area (Å²) in [4.78, 5) is 13.3. The molecule has 0 unspecified atom stereocenters. The Hall–Kier alpha value is -0.270. The average molecular weight is 266 g/mol. The molecule has 1 aliphatic heterocycles. The van der Waals surface area contributed by atoms with E-state index in [9.17, 15) is 13.2 Å². The molecule has 1 fully saturated rings. The van der Waals surface area contributed by atoms with Crippen LogP contribution in [0.15, 0.2) is 0 Å². The number of thioether (sulfide) groups is 1. The summed E-state index contributed by atoms with van der Waals surface area (Å²) in [6.45, 7) is 3.52. The number of nitrogens with zero attached hydrogens (tertiary/aromatic N) is 2.